The molecule has 3 nitrogen and oxygen atoms in total. The van der Waals surface area contributed by atoms with Crippen LogP contribution in [0.25, 0.3) is 0 Å². The first-order valence-electron chi connectivity index (χ1n) is 6.38. The molecule has 0 spiro atoms. The molecule has 0 aliphatic carbocycles. The van der Waals surface area contributed by atoms with E-state index >= 15 is 0 Å². The zero-order valence-electron chi connectivity index (χ0n) is 11.5. The molecule has 0 aliphatic heterocycles. The summed E-state index contributed by atoms with van der Waals surface area (Å²) in [6.07, 6.45) is 3.98. The molecule has 1 N–H and O–H groups in total. The molecule has 1 aromatic carbocycles. The maximum Gasteiger partial charge on any atom is 0.0537 e. The van der Waals surface area contributed by atoms with E-state index < -0.39 is 0 Å². The molecular formula is C15H21N3. The topological polar surface area (TPSA) is 29.9 Å². The number of rotatable bonds is 4. The Morgan fingerprint density at radius 1 is 1.17 bits per heavy atom. The highest BCUT2D eigenvalue weighted by Crippen LogP contribution is 2.21. The summed E-state index contributed by atoms with van der Waals surface area (Å²) in [6.45, 7) is 6.53. The fourth-order valence-electron chi connectivity index (χ4n) is 2.30. The van der Waals surface area contributed by atoms with E-state index in [-0.39, 0.29) is 0 Å². The third-order valence-corrected chi connectivity index (χ3v) is 3.38. The van der Waals surface area contributed by atoms with Gasteiger partial charge in [-0.1, -0.05) is 24.3 Å². The minimum absolute atomic E-state index is 0.299. The van der Waals surface area contributed by atoms with Gasteiger partial charge in [0.1, 0.15) is 0 Å². The van der Waals surface area contributed by atoms with Crippen molar-refractivity contribution in [3.63, 3.8) is 0 Å². The molecule has 2 unspecified atom stereocenters. The Bertz CT molecular complexity index is 516. The summed E-state index contributed by atoms with van der Waals surface area (Å²) in [5.74, 6) is 0. The fraction of sp³-hybridized carbons (Fsp3) is 0.400. The normalized spacial score (nSPS) is 14.4. The van der Waals surface area contributed by atoms with Crippen molar-refractivity contribution in [2.24, 2.45) is 7.05 Å². The molecule has 2 rings (SSSR count). The Balaban J connectivity index is 2.08. The van der Waals surface area contributed by atoms with Crippen molar-refractivity contribution in [3.8, 4) is 0 Å². The Morgan fingerprint density at radius 3 is 2.50 bits per heavy atom. The van der Waals surface area contributed by atoms with Crippen molar-refractivity contribution in [2.45, 2.75) is 32.9 Å². The Kier molecular flexibility index (Phi) is 3.82. The third kappa shape index (κ3) is 2.79. The van der Waals surface area contributed by atoms with Crippen molar-refractivity contribution in [1.29, 1.82) is 0 Å². The lowest BCUT2D eigenvalue weighted by molar-refractivity contribution is 0.493. The molecule has 0 radical (unpaired) electrons. The van der Waals surface area contributed by atoms with Gasteiger partial charge in [0.15, 0.2) is 0 Å². The Morgan fingerprint density at radius 2 is 1.89 bits per heavy atom. The summed E-state index contributed by atoms with van der Waals surface area (Å²) in [5, 5.41) is 7.83. The summed E-state index contributed by atoms with van der Waals surface area (Å²) in [7, 11) is 1.95. The standard InChI is InChI=1S/C15H21N3/c1-11-7-5-6-8-15(11)13(3)17-12(2)14-9-16-18(4)10-14/h5-10,12-13,17H,1-4H3. The second-order valence-electron chi connectivity index (χ2n) is 4.91. The average Bonchev–Trinajstić information content (AvgIpc) is 2.76. The molecule has 0 fully saturated rings. The van der Waals surface area contributed by atoms with Gasteiger partial charge in [-0.15, -0.1) is 0 Å². The Labute approximate surface area is 109 Å². The summed E-state index contributed by atoms with van der Waals surface area (Å²) < 4.78 is 1.84. The molecular weight excluding hydrogens is 222 g/mol. The predicted octanol–water partition coefficient (Wildman–Crippen LogP) is 3.14. The second-order valence-corrected chi connectivity index (χ2v) is 4.91. The lowest BCUT2D eigenvalue weighted by Gasteiger charge is -2.21. The summed E-state index contributed by atoms with van der Waals surface area (Å²) in [5.41, 5.74) is 3.90. The molecule has 18 heavy (non-hydrogen) atoms. The van der Waals surface area contributed by atoms with Crippen LogP contribution in [0.1, 0.15) is 42.6 Å². The molecule has 1 aromatic heterocycles. The lowest BCUT2D eigenvalue weighted by Crippen LogP contribution is -2.22. The minimum Gasteiger partial charge on any atom is -0.304 e. The van der Waals surface area contributed by atoms with E-state index in [2.05, 4.69) is 61.6 Å². The number of hydrogen-bond acceptors (Lipinski definition) is 2. The van der Waals surface area contributed by atoms with Gasteiger partial charge < -0.3 is 5.32 Å². The van der Waals surface area contributed by atoms with Gasteiger partial charge in [-0.05, 0) is 31.9 Å². The monoisotopic (exact) mass is 243 g/mol. The van der Waals surface area contributed by atoms with Crippen molar-refractivity contribution in [1.82, 2.24) is 15.1 Å². The van der Waals surface area contributed by atoms with Crippen molar-refractivity contribution in [3.05, 3.63) is 53.3 Å². The summed E-state index contributed by atoms with van der Waals surface area (Å²) >= 11 is 0. The van der Waals surface area contributed by atoms with Crippen LogP contribution in [0.2, 0.25) is 0 Å². The molecule has 2 aromatic rings. The largest absolute Gasteiger partial charge is 0.304 e. The molecule has 0 bridgehead atoms. The highest BCUT2D eigenvalue weighted by molar-refractivity contribution is 5.28. The van der Waals surface area contributed by atoms with Crippen LogP contribution in [0.5, 0.6) is 0 Å². The number of aromatic nitrogens is 2. The molecule has 0 saturated carbocycles. The number of hydrogen-bond donors (Lipinski definition) is 1. The zero-order valence-corrected chi connectivity index (χ0v) is 11.5. The van der Waals surface area contributed by atoms with Crippen molar-refractivity contribution in [2.75, 3.05) is 0 Å². The number of nitrogens with one attached hydrogen (secondary N) is 1. The van der Waals surface area contributed by atoms with Gasteiger partial charge in [-0.3, -0.25) is 4.68 Å². The van der Waals surface area contributed by atoms with Crippen LogP contribution < -0.4 is 5.32 Å². The fourth-order valence-corrected chi connectivity index (χ4v) is 2.30. The highest BCUT2D eigenvalue weighted by atomic mass is 15.2. The molecule has 1 heterocycles. The molecule has 96 valence electrons. The summed E-state index contributed by atoms with van der Waals surface area (Å²) in [4.78, 5) is 0. The first-order valence-corrected chi connectivity index (χ1v) is 6.38. The van der Waals surface area contributed by atoms with Gasteiger partial charge >= 0.3 is 0 Å². The van der Waals surface area contributed by atoms with Crippen LogP contribution >= 0.6 is 0 Å². The maximum atomic E-state index is 4.21. The molecule has 3 heteroatoms. The number of aryl methyl sites for hydroxylation is 2. The van der Waals surface area contributed by atoms with Gasteiger partial charge in [-0.25, -0.2) is 0 Å². The molecule has 0 amide bonds. The quantitative estimate of drug-likeness (QED) is 0.894. The van der Waals surface area contributed by atoms with Crippen molar-refractivity contribution < 1.29 is 0 Å². The molecule has 0 aliphatic rings. The van der Waals surface area contributed by atoms with Crippen LogP contribution in [0.15, 0.2) is 36.7 Å². The van der Waals surface area contributed by atoms with Crippen LogP contribution in [-0.4, -0.2) is 9.78 Å². The van der Waals surface area contributed by atoms with E-state index in [1.165, 1.54) is 16.7 Å². The van der Waals surface area contributed by atoms with Gasteiger partial charge in [0.25, 0.3) is 0 Å². The van der Waals surface area contributed by atoms with Crippen LogP contribution in [0.3, 0.4) is 0 Å². The lowest BCUT2D eigenvalue weighted by atomic mass is 10.0. The third-order valence-electron chi connectivity index (χ3n) is 3.38. The van der Waals surface area contributed by atoms with Crippen LogP contribution in [-0.2, 0) is 7.05 Å². The number of nitrogens with zero attached hydrogens (tertiary/aromatic N) is 2. The van der Waals surface area contributed by atoms with Crippen molar-refractivity contribution >= 4 is 0 Å². The minimum atomic E-state index is 0.299. The van der Waals surface area contributed by atoms with E-state index in [9.17, 15) is 0 Å². The van der Waals surface area contributed by atoms with E-state index in [1.54, 1.807) is 0 Å². The summed E-state index contributed by atoms with van der Waals surface area (Å²) in [6, 6.07) is 9.14. The second kappa shape index (κ2) is 5.36. The van der Waals surface area contributed by atoms with E-state index in [0.29, 0.717) is 12.1 Å². The van der Waals surface area contributed by atoms with Crippen LogP contribution in [0.4, 0.5) is 0 Å². The highest BCUT2D eigenvalue weighted by Gasteiger charge is 2.13. The van der Waals surface area contributed by atoms with E-state index in [0.717, 1.165) is 0 Å². The number of benzene rings is 1. The Hall–Kier alpha value is -1.61. The predicted molar refractivity (Wildman–Crippen MR) is 74.4 cm³/mol. The zero-order chi connectivity index (χ0) is 13.1. The maximum absolute atomic E-state index is 4.21. The van der Waals surface area contributed by atoms with E-state index in [4.69, 9.17) is 0 Å². The van der Waals surface area contributed by atoms with Gasteiger partial charge in [0, 0.05) is 30.9 Å². The molecule has 2 atom stereocenters. The SMILES string of the molecule is Cc1ccccc1C(C)NC(C)c1cnn(C)c1. The van der Waals surface area contributed by atoms with Gasteiger partial charge in [0.2, 0.25) is 0 Å². The smallest absolute Gasteiger partial charge is 0.0537 e. The molecule has 0 saturated heterocycles. The van der Waals surface area contributed by atoms with Crippen LogP contribution in [0, 0.1) is 6.92 Å². The first kappa shape index (κ1) is 12.8. The van der Waals surface area contributed by atoms with E-state index in [1.807, 2.05) is 17.9 Å². The van der Waals surface area contributed by atoms with Gasteiger partial charge in [-0.2, -0.15) is 5.10 Å². The first-order chi connectivity index (χ1) is 8.58. The van der Waals surface area contributed by atoms with Gasteiger partial charge in [0.05, 0.1) is 6.20 Å². The average molecular weight is 243 g/mol.